The van der Waals surface area contributed by atoms with Crippen LogP contribution in [0.15, 0.2) is 93.2 Å². The lowest BCUT2D eigenvalue weighted by molar-refractivity contribution is 0.523. The van der Waals surface area contributed by atoms with Crippen molar-refractivity contribution >= 4 is 22.1 Å². The molecule has 0 amide bonds. The number of aromatic nitrogens is 2. The molecule has 0 unspecified atom stereocenters. The molecule has 0 spiro atoms. The molecule has 0 N–H and O–H groups in total. The summed E-state index contributed by atoms with van der Waals surface area (Å²) in [5.41, 5.74) is 1.32. The first-order valence-electron chi connectivity index (χ1n) is 7.67. The highest BCUT2D eigenvalue weighted by Gasteiger charge is 2.34. The number of sulfonamides is 1. The molecule has 0 saturated heterocycles. The molecule has 0 fully saturated rings. The highest BCUT2D eigenvalue weighted by Crippen LogP contribution is 2.34. The van der Waals surface area contributed by atoms with Crippen molar-refractivity contribution in [3.05, 3.63) is 79.5 Å². The largest absolute Gasteiger partial charge is 0.431 e. The Kier molecular flexibility index (Phi) is 4.02. The Morgan fingerprint density at radius 1 is 0.769 bits per heavy atom. The number of hydrogen-bond acceptors (Lipinski definition) is 6. The van der Waals surface area contributed by atoms with Crippen LogP contribution in [-0.2, 0) is 10.0 Å². The molecule has 2 aromatic heterocycles. The zero-order valence-electron chi connectivity index (χ0n) is 13.4. The Morgan fingerprint density at radius 2 is 1.35 bits per heavy atom. The molecule has 4 aromatic rings. The van der Waals surface area contributed by atoms with E-state index in [2.05, 4.69) is 9.97 Å². The zero-order valence-corrected chi connectivity index (χ0v) is 14.2. The predicted octanol–water partition coefficient (Wildman–Crippen LogP) is 3.86. The topological polar surface area (TPSA) is 89.4 Å². The third-order valence-electron chi connectivity index (χ3n) is 3.68. The van der Waals surface area contributed by atoms with Crippen molar-refractivity contribution in [3.8, 4) is 11.1 Å². The van der Waals surface area contributed by atoms with E-state index in [9.17, 15) is 8.42 Å². The monoisotopic (exact) mass is 367 g/mol. The molecule has 26 heavy (non-hydrogen) atoms. The van der Waals surface area contributed by atoms with Crippen LogP contribution in [0.1, 0.15) is 0 Å². The molecule has 8 heteroatoms. The highest BCUT2D eigenvalue weighted by molar-refractivity contribution is 7.93. The van der Waals surface area contributed by atoms with Crippen molar-refractivity contribution in [3.63, 3.8) is 0 Å². The third kappa shape index (κ3) is 2.76. The van der Waals surface area contributed by atoms with Gasteiger partial charge in [0, 0.05) is 5.56 Å². The summed E-state index contributed by atoms with van der Waals surface area (Å²) in [7, 11) is -4.10. The lowest BCUT2D eigenvalue weighted by Gasteiger charge is -2.18. The summed E-state index contributed by atoms with van der Waals surface area (Å²) in [6, 6.07) is 15.6. The predicted molar refractivity (Wildman–Crippen MR) is 94.2 cm³/mol. The van der Waals surface area contributed by atoms with Crippen molar-refractivity contribution in [1.29, 1.82) is 0 Å². The first-order chi connectivity index (χ1) is 12.7. The van der Waals surface area contributed by atoms with E-state index in [1.807, 2.05) is 30.3 Å². The van der Waals surface area contributed by atoms with Gasteiger partial charge in [-0.25, -0.2) is 18.4 Å². The number of benzene rings is 2. The fourth-order valence-electron chi connectivity index (χ4n) is 2.57. The molecule has 0 aliphatic rings. The van der Waals surface area contributed by atoms with Gasteiger partial charge >= 0.3 is 12.0 Å². The Bertz CT molecular complexity index is 1060. The summed E-state index contributed by atoms with van der Waals surface area (Å²) >= 11 is 0. The van der Waals surface area contributed by atoms with Gasteiger partial charge in [-0.3, -0.25) is 0 Å². The van der Waals surface area contributed by atoms with Crippen molar-refractivity contribution in [2.24, 2.45) is 0 Å². The molecule has 4 rings (SSSR count). The highest BCUT2D eigenvalue weighted by atomic mass is 32.2. The lowest BCUT2D eigenvalue weighted by atomic mass is 10.1. The summed E-state index contributed by atoms with van der Waals surface area (Å²) < 4.78 is 38.2. The van der Waals surface area contributed by atoms with Gasteiger partial charge in [0.05, 0.1) is 17.3 Å². The smallest absolute Gasteiger partial charge is 0.320 e. The minimum atomic E-state index is -4.10. The van der Waals surface area contributed by atoms with Crippen molar-refractivity contribution in [1.82, 2.24) is 9.97 Å². The van der Waals surface area contributed by atoms with E-state index in [4.69, 9.17) is 8.83 Å². The minimum absolute atomic E-state index is 0.0857. The standard InChI is InChI=1S/C18H13N3O4S/c22-26(23,21(17-19-10-12-24-17)18-20-11-13-25-18)16-9-5-4-8-15(16)14-6-2-1-3-7-14/h1-13H. The fourth-order valence-corrected chi connectivity index (χ4v) is 4.07. The Morgan fingerprint density at radius 3 is 1.92 bits per heavy atom. The quantitative estimate of drug-likeness (QED) is 0.532. The number of anilines is 2. The maximum Gasteiger partial charge on any atom is 0.320 e. The Balaban J connectivity index is 1.92. The van der Waals surface area contributed by atoms with Crippen molar-refractivity contribution in [2.75, 3.05) is 4.31 Å². The second-order valence-electron chi connectivity index (χ2n) is 5.26. The van der Waals surface area contributed by atoms with Crippen LogP contribution in [0.25, 0.3) is 11.1 Å². The lowest BCUT2D eigenvalue weighted by Crippen LogP contribution is -2.27. The van der Waals surface area contributed by atoms with Gasteiger partial charge in [0.25, 0.3) is 10.0 Å². The zero-order chi connectivity index (χ0) is 18.0. The number of nitrogens with zero attached hydrogens (tertiary/aromatic N) is 3. The summed E-state index contributed by atoms with van der Waals surface area (Å²) in [4.78, 5) is 7.98. The molecule has 0 radical (unpaired) electrons. The van der Waals surface area contributed by atoms with Gasteiger partial charge in [-0.1, -0.05) is 48.5 Å². The molecule has 0 atom stereocenters. The average Bonchev–Trinajstić information content (AvgIpc) is 3.37. The molecule has 2 heterocycles. The minimum Gasteiger partial charge on any atom is -0.431 e. The fraction of sp³-hybridized carbons (Fsp3) is 0. The summed E-state index contributed by atoms with van der Waals surface area (Å²) in [5, 5.41) is 0. The van der Waals surface area contributed by atoms with E-state index in [1.165, 1.54) is 31.0 Å². The van der Waals surface area contributed by atoms with Crippen LogP contribution in [0.4, 0.5) is 12.0 Å². The van der Waals surface area contributed by atoms with Crippen molar-refractivity contribution in [2.45, 2.75) is 4.90 Å². The maximum atomic E-state index is 13.4. The van der Waals surface area contributed by atoms with Crippen LogP contribution in [-0.4, -0.2) is 18.4 Å². The molecule has 0 aliphatic carbocycles. The second-order valence-corrected chi connectivity index (χ2v) is 7.02. The van der Waals surface area contributed by atoms with Gasteiger partial charge < -0.3 is 8.83 Å². The summed E-state index contributed by atoms with van der Waals surface area (Å²) in [6.45, 7) is 0. The van der Waals surface area contributed by atoms with Crippen LogP contribution in [0.3, 0.4) is 0 Å². The average molecular weight is 367 g/mol. The molecular formula is C18H13N3O4S. The van der Waals surface area contributed by atoms with E-state index in [0.717, 1.165) is 9.87 Å². The number of hydrogen-bond donors (Lipinski definition) is 0. The van der Waals surface area contributed by atoms with Gasteiger partial charge in [-0.05, 0) is 11.6 Å². The number of rotatable bonds is 5. The second kappa shape index (κ2) is 6.49. The molecule has 2 aromatic carbocycles. The normalized spacial score (nSPS) is 11.4. The van der Waals surface area contributed by atoms with Gasteiger partial charge in [0.15, 0.2) is 0 Å². The van der Waals surface area contributed by atoms with E-state index in [0.29, 0.717) is 5.56 Å². The van der Waals surface area contributed by atoms with Crippen LogP contribution in [0.2, 0.25) is 0 Å². The van der Waals surface area contributed by atoms with Gasteiger partial charge in [-0.2, -0.15) is 0 Å². The van der Waals surface area contributed by atoms with E-state index < -0.39 is 10.0 Å². The molecule has 0 aliphatic heterocycles. The van der Waals surface area contributed by atoms with Crippen LogP contribution < -0.4 is 4.31 Å². The van der Waals surface area contributed by atoms with Crippen molar-refractivity contribution < 1.29 is 17.3 Å². The van der Waals surface area contributed by atoms with Crippen LogP contribution >= 0.6 is 0 Å². The van der Waals surface area contributed by atoms with E-state index >= 15 is 0 Å². The van der Waals surface area contributed by atoms with Gasteiger partial charge in [-0.15, -0.1) is 4.31 Å². The summed E-state index contributed by atoms with van der Waals surface area (Å²) in [5.74, 6) is 0. The van der Waals surface area contributed by atoms with E-state index in [1.54, 1.807) is 18.2 Å². The maximum absolute atomic E-state index is 13.4. The third-order valence-corrected chi connectivity index (χ3v) is 5.38. The molecule has 130 valence electrons. The molecule has 0 bridgehead atoms. The number of oxazole rings is 2. The SMILES string of the molecule is O=S(=O)(c1ccccc1-c1ccccc1)N(c1ncco1)c1ncco1. The first kappa shape index (κ1) is 16.1. The molecule has 0 saturated carbocycles. The van der Waals surface area contributed by atoms with Gasteiger partial charge in [0.1, 0.15) is 12.5 Å². The van der Waals surface area contributed by atoms with Crippen LogP contribution in [0.5, 0.6) is 0 Å². The molecule has 7 nitrogen and oxygen atoms in total. The Hall–Kier alpha value is -3.39. The molecular weight excluding hydrogens is 354 g/mol. The first-order valence-corrected chi connectivity index (χ1v) is 9.11. The van der Waals surface area contributed by atoms with Gasteiger partial charge in [0.2, 0.25) is 0 Å². The Labute approximate surface area is 149 Å². The summed E-state index contributed by atoms with van der Waals surface area (Å²) in [6.07, 6.45) is 5.27. The van der Waals surface area contributed by atoms with Crippen LogP contribution in [0, 0.1) is 0 Å². The van der Waals surface area contributed by atoms with E-state index in [-0.39, 0.29) is 16.9 Å².